The Hall–Kier alpha value is -3.74. The topological polar surface area (TPSA) is 76.6 Å². The second-order valence-electron chi connectivity index (χ2n) is 8.91. The first kappa shape index (κ1) is 19.9. The Morgan fingerprint density at radius 2 is 1.70 bits per heavy atom. The molecule has 0 bridgehead atoms. The predicted molar refractivity (Wildman–Crippen MR) is 129 cm³/mol. The first-order valence-corrected chi connectivity index (χ1v) is 11.7. The molecule has 7 heteroatoms. The van der Waals surface area contributed by atoms with Gasteiger partial charge < -0.3 is 4.90 Å². The summed E-state index contributed by atoms with van der Waals surface area (Å²) in [5.41, 5.74) is 7.74. The van der Waals surface area contributed by atoms with Gasteiger partial charge in [-0.2, -0.15) is 5.10 Å². The van der Waals surface area contributed by atoms with Crippen LogP contribution in [0.1, 0.15) is 36.9 Å². The predicted octanol–water partition coefficient (Wildman–Crippen LogP) is 5.45. The first-order valence-electron chi connectivity index (χ1n) is 11.7. The largest absolute Gasteiger partial charge is 0.366 e. The van der Waals surface area contributed by atoms with Gasteiger partial charge in [0, 0.05) is 41.5 Å². The normalized spacial score (nSPS) is 15.7. The van der Waals surface area contributed by atoms with Gasteiger partial charge in [-0.15, -0.1) is 0 Å². The summed E-state index contributed by atoms with van der Waals surface area (Å²) in [4.78, 5) is 19.0. The van der Waals surface area contributed by atoms with Gasteiger partial charge >= 0.3 is 0 Å². The SMILES string of the molecule is O=[N+]([O-])c1cc(-c2nc3c(-c4ccccc4)cnn3c3c2CCCC3)ccc1N1CCCC1. The zero-order valence-corrected chi connectivity index (χ0v) is 18.4. The molecular formula is C26H25N5O2. The van der Waals surface area contributed by atoms with Crippen molar-refractivity contribution in [2.24, 2.45) is 0 Å². The lowest BCUT2D eigenvalue weighted by molar-refractivity contribution is -0.384. The zero-order chi connectivity index (χ0) is 22.4. The maximum absolute atomic E-state index is 12.0. The summed E-state index contributed by atoms with van der Waals surface area (Å²) < 4.78 is 1.98. The Balaban J connectivity index is 1.56. The van der Waals surface area contributed by atoms with Crippen LogP contribution in [0.15, 0.2) is 54.7 Å². The summed E-state index contributed by atoms with van der Waals surface area (Å²) in [6.45, 7) is 1.74. The van der Waals surface area contributed by atoms with E-state index in [1.165, 1.54) is 11.3 Å². The number of nitro benzene ring substituents is 1. The first-order chi connectivity index (χ1) is 16.2. The van der Waals surface area contributed by atoms with Crippen LogP contribution in [0.5, 0.6) is 0 Å². The Morgan fingerprint density at radius 1 is 0.909 bits per heavy atom. The molecule has 1 saturated heterocycles. The van der Waals surface area contributed by atoms with Crippen LogP contribution >= 0.6 is 0 Å². The Kier molecular flexibility index (Phi) is 4.82. The number of anilines is 1. The fourth-order valence-electron chi connectivity index (χ4n) is 5.30. The van der Waals surface area contributed by atoms with E-state index in [0.29, 0.717) is 5.69 Å². The minimum absolute atomic E-state index is 0.164. The highest BCUT2D eigenvalue weighted by Crippen LogP contribution is 2.38. The summed E-state index contributed by atoms with van der Waals surface area (Å²) in [5, 5.41) is 16.7. The molecule has 0 saturated carbocycles. The summed E-state index contributed by atoms with van der Waals surface area (Å²) in [7, 11) is 0. The lowest BCUT2D eigenvalue weighted by Crippen LogP contribution is -2.19. The fraction of sp³-hybridized carbons (Fsp3) is 0.308. The highest BCUT2D eigenvalue weighted by atomic mass is 16.6. The third kappa shape index (κ3) is 3.35. The van der Waals surface area contributed by atoms with Gasteiger partial charge in [0.2, 0.25) is 0 Å². The highest BCUT2D eigenvalue weighted by molar-refractivity contribution is 5.81. The minimum Gasteiger partial charge on any atom is -0.366 e. The van der Waals surface area contributed by atoms with Gasteiger partial charge in [0.05, 0.1) is 16.8 Å². The van der Waals surface area contributed by atoms with Crippen molar-refractivity contribution >= 4 is 17.0 Å². The van der Waals surface area contributed by atoms with Crippen molar-refractivity contribution in [3.63, 3.8) is 0 Å². The number of rotatable bonds is 4. The minimum atomic E-state index is -0.254. The molecule has 0 atom stereocenters. The van der Waals surface area contributed by atoms with Crippen LogP contribution in [-0.2, 0) is 12.8 Å². The quantitative estimate of drug-likeness (QED) is 0.312. The van der Waals surface area contributed by atoms with Crippen LogP contribution in [-0.4, -0.2) is 32.6 Å². The standard InChI is InChI=1S/C26H25N5O2/c32-31(33)24-16-19(12-13-23(24)29-14-6-7-15-29)25-20-10-4-5-11-22(20)30-26(28-25)21(17-27-30)18-8-2-1-3-9-18/h1-3,8-9,12-13,16-17H,4-7,10-11,14-15H2. The van der Waals surface area contributed by atoms with E-state index in [1.807, 2.05) is 41.0 Å². The Morgan fingerprint density at radius 3 is 2.48 bits per heavy atom. The number of hydrogen-bond acceptors (Lipinski definition) is 5. The number of aromatic nitrogens is 3. The fourth-order valence-corrected chi connectivity index (χ4v) is 5.30. The maximum atomic E-state index is 12.0. The molecule has 1 fully saturated rings. The van der Waals surface area contributed by atoms with Crippen LogP contribution in [0.25, 0.3) is 28.0 Å². The number of benzene rings is 2. The van der Waals surface area contributed by atoms with Gasteiger partial charge in [-0.3, -0.25) is 10.1 Å². The summed E-state index contributed by atoms with van der Waals surface area (Å²) in [6, 6.07) is 15.8. The van der Waals surface area contributed by atoms with E-state index in [0.717, 1.165) is 79.6 Å². The number of hydrogen-bond donors (Lipinski definition) is 0. The highest BCUT2D eigenvalue weighted by Gasteiger charge is 2.26. The van der Waals surface area contributed by atoms with E-state index in [2.05, 4.69) is 17.0 Å². The molecule has 1 aliphatic carbocycles. The molecule has 2 aromatic carbocycles. The molecule has 0 radical (unpaired) electrons. The second kappa shape index (κ2) is 7.99. The molecular weight excluding hydrogens is 414 g/mol. The van der Waals surface area contributed by atoms with E-state index in [-0.39, 0.29) is 10.6 Å². The lowest BCUT2D eigenvalue weighted by atomic mass is 9.91. The number of nitro groups is 1. The molecule has 1 aliphatic heterocycles. The monoisotopic (exact) mass is 439 g/mol. The zero-order valence-electron chi connectivity index (χ0n) is 18.4. The molecule has 6 rings (SSSR count). The van der Waals surface area contributed by atoms with Crippen LogP contribution < -0.4 is 4.90 Å². The molecule has 0 N–H and O–H groups in total. The van der Waals surface area contributed by atoms with Crippen molar-refractivity contribution in [2.75, 3.05) is 18.0 Å². The van der Waals surface area contributed by atoms with Crippen molar-refractivity contribution in [3.8, 4) is 22.4 Å². The average Bonchev–Trinajstić information content (AvgIpc) is 3.54. The van der Waals surface area contributed by atoms with Crippen molar-refractivity contribution in [2.45, 2.75) is 38.5 Å². The maximum Gasteiger partial charge on any atom is 0.293 e. The summed E-state index contributed by atoms with van der Waals surface area (Å²) in [5.74, 6) is 0. The molecule has 2 aromatic heterocycles. The molecule has 2 aliphatic rings. The summed E-state index contributed by atoms with van der Waals surface area (Å²) >= 11 is 0. The smallest absolute Gasteiger partial charge is 0.293 e. The number of nitrogens with zero attached hydrogens (tertiary/aromatic N) is 5. The van der Waals surface area contributed by atoms with Crippen LogP contribution in [0.2, 0.25) is 0 Å². The average molecular weight is 440 g/mol. The van der Waals surface area contributed by atoms with Crippen molar-refractivity contribution < 1.29 is 4.92 Å². The van der Waals surface area contributed by atoms with Crippen molar-refractivity contribution in [3.05, 3.63) is 76.1 Å². The van der Waals surface area contributed by atoms with Crippen LogP contribution in [0.3, 0.4) is 0 Å². The van der Waals surface area contributed by atoms with E-state index in [4.69, 9.17) is 10.1 Å². The molecule has 0 unspecified atom stereocenters. The Bertz CT molecular complexity index is 1360. The van der Waals surface area contributed by atoms with Gasteiger partial charge in [-0.1, -0.05) is 36.4 Å². The summed E-state index contributed by atoms with van der Waals surface area (Å²) in [6.07, 6.45) is 8.09. The molecule has 166 valence electrons. The molecule has 7 nitrogen and oxygen atoms in total. The van der Waals surface area contributed by atoms with E-state index < -0.39 is 0 Å². The van der Waals surface area contributed by atoms with Crippen LogP contribution in [0.4, 0.5) is 11.4 Å². The van der Waals surface area contributed by atoms with Crippen LogP contribution in [0, 0.1) is 10.1 Å². The molecule has 4 aromatic rings. The lowest BCUT2D eigenvalue weighted by Gasteiger charge is -2.21. The molecule has 0 amide bonds. The Labute approximate surface area is 191 Å². The molecule has 0 spiro atoms. The third-order valence-electron chi connectivity index (χ3n) is 6.92. The number of fused-ring (bicyclic) bond motifs is 3. The van der Waals surface area contributed by atoms with Crippen molar-refractivity contribution in [1.82, 2.24) is 14.6 Å². The molecule has 3 heterocycles. The van der Waals surface area contributed by atoms with Gasteiger partial charge in [-0.05, 0) is 50.2 Å². The van der Waals surface area contributed by atoms with Gasteiger partial charge in [-0.25, -0.2) is 9.50 Å². The molecule has 33 heavy (non-hydrogen) atoms. The van der Waals surface area contributed by atoms with Gasteiger partial charge in [0.1, 0.15) is 5.69 Å². The van der Waals surface area contributed by atoms with E-state index in [1.54, 1.807) is 6.07 Å². The number of aryl methyl sites for hydroxylation is 1. The van der Waals surface area contributed by atoms with E-state index in [9.17, 15) is 10.1 Å². The second-order valence-corrected chi connectivity index (χ2v) is 8.91. The van der Waals surface area contributed by atoms with E-state index >= 15 is 0 Å². The van der Waals surface area contributed by atoms with Gasteiger partial charge in [0.15, 0.2) is 5.65 Å². The third-order valence-corrected chi connectivity index (χ3v) is 6.92. The van der Waals surface area contributed by atoms with Gasteiger partial charge in [0.25, 0.3) is 5.69 Å². The van der Waals surface area contributed by atoms with Crippen molar-refractivity contribution in [1.29, 1.82) is 0 Å².